The molecule has 86 valence electrons. The second kappa shape index (κ2) is 6.10. The third-order valence-corrected chi connectivity index (χ3v) is 2.60. The molecule has 1 unspecified atom stereocenters. The molecule has 0 fully saturated rings. The molecule has 0 spiro atoms. The van der Waals surface area contributed by atoms with Crippen molar-refractivity contribution in [3.05, 3.63) is 16.9 Å². The second-order valence-electron chi connectivity index (χ2n) is 3.59. The van der Waals surface area contributed by atoms with Crippen LogP contribution < -0.4 is 5.32 Å². The fourth-order valence-electron chi connectivity index (χ4n) is 1.26. The van der Waals surface area contributed by atoms with E-state index < -0.39 is 0 Å². The van der Waals surface area contributed by atoms with Crippen molar-refractivity contribution in [2.75, 3.05) is 26.8 Å². The van der Waals surface area contributed by atoms with E-state index >= 15 is 0 Å². The molecule has 5 heteroatoms. The quantitative estimate of drug-likeness (QED) is 0.757. The van der Waals surface area contributed by atoms with Crippen molar-refractivity contribution in [1.82, 2.24) is 15.1 Å². The SMILES string of the molecule is COCCNCC(C)n1cc(Cl)c(C)n1. The van der Waals surface area contributed by atoms with Crippen LogP contribution in [0.1, 0.15) is 18.7 Å². The highest BCUT2D eigenvalue weighted by atomic mass is 35.5. The molecule has 4 nitrogen and oxygen atoms in total. The molecule has 0 radical (unpaired) electrons. The molecule has 0 aliphatic rings. The normalized spacial score (nSPS) is 13.1. The zero-order valence-corrected chi connectivity index (χ0v) is 10.2. The molecule has 15 heavy (non-hydrogen) atoms. The molecular formula is C10H18ClN3O. The summed E-state index contributed by atoms with van der Waals surface area (Å²) >= 11 is 5.93. The molecule has 1 rings (SSSR count). The largest absolute Gasteiger partial charge is 0.383 e. The highest BCUT2D eigenvalue weighted by Crippen LogP contribution is 2.15. The number of aryl methyl sites for hydroxylation is 1. The molecule has 1 aromatic rings. The molecule has 0 saturated carbocycles. The number of hydrogen-bond acceptors (Lipinski definition) is 3. The van der Waals surface area contributed by atoms with Crippen LogP contribution in [0.15, 0.2) is 6.20 Å². The predicted octanol–water partition coefficient (Wildman–Crippen LogP) is 1.64. The Balaban J connectivity index is 2.36. The van der Waals surface area contributed by atoms with Crippen LogP contribution in [0, 0.1) is 6.92 Å². The molecule has 0 aliphatic heterocycles. The minimum absolute atomic E-state index is 0.299. The number of aromatic nitrogens is 2. The summed E-state index contributed by atoms with van der Waals surface area (Å²) in [4.78, 5) is 0. The summed E-state index contributed by atoms with van der Waals surface area (Å²) in [7, 11) is 1.70. The number of hydrogen-bond donors (Lipinski definition) is 1. The van der Waals surface area contributed by atoms with Crippen LogP contribution in [-0.4, -0.2) is 36.6 Å². The molecule has 1 heterocycles. The Hall–Kier alpha value is -0.580. The number of halogens is 1. The van der Waals surface area contributed by atoms with Crippen molar-refractivity contribution in [2.45, 2.75) is 19.9 Å². The third kappa shape index (κ3) is 3.81. The highest BCUT2D eigenvalue weighted by molar-refractivity contribution is 6.31. The van der Waals surface area contributed by atoms with Crippen LogP contribution in [0.5, 0.6) is 0 Å². The van der Waals surface area contributed by atoms with Crippen molar-refractivity contribution in [3.8, 4) is 0 Å². The van der Waals surface area contributed by atoms with Gasteiger partial charge >= 0.3 is 0 Å². The summed E-state index contributed by atoms with van der Waals surface area (Å²) in [6.07, 6.45) is 1.86. The van der Waals surface area contributed by atoms with E-state index in [-0.39, 0.29) is 0 Å². The maximum absolute atomic E-state index is 5.93. The summed E-state index contributed by atoms with van der Waals surface area (Å²) in [5.74, 6) is 0. The van der Waals surface area contributed by atoms with Gasteiger partial charge in [0, 0.05) is 26.4 Å². The van der Waals surface area contributed by atoms with Crippen molar-refractivity contribution in [1.29, 1.82) is 0 Å². The molecule has 0 amide bonds. The van der Waals surface area contributed by atoms with Crippen molar-refractivity contribution < 1.29 is 4.74 Å². The monoisotopic (exact) mass is 231 g/mol. The van der Waals surface area contributed by atoms with Gasteiger partial charge in [-0.1, -0.05) is 11.6 Å². The first-order valence-electron chi connectivity index (χ1n) is 5.06. The van der Waals surface area contributed by atoms with Crippen molar-refractivity contribution in [3.63, 3.8) is 0 Å². The Bertz CT molecular complexity index is 281. The Morgan fingerprint density at radius 1 is 1.67 bits per heavy atom. The average Bonchev–Trinajstić information content (AvgIpc) is 2.54. The van der Waals surface area contributed by atoms with Crippen molar-refractivity contribution >= 4 is 11.6 Å². The zero-order valence-electron chi connectivity index (χ0n) is 9.46. The topological polar surface area (TPSA) is 39.1 Å². The van der Waals surface area contributed by atoms with E-state index in [0.29, 0.717) is 6.04 Å². The molecule has 0 aliphatic carbocycles. The fraction of sp³-hybridized carbons (Fsp3) is 0.700. The van der Waals surface area contributed by atoms with Crippen LogP contribution >= 0.6 is 11.6 Å². The van der Waals surface area contributed by atoms with Gasteiger partial charge in [-0.05, 0) is 13.8 Å². The molecule has 0 bridgehead atoms. The van der Waals surface area contributed by atoms with Gasteiger partial charge in [-0.3, -0.25) is 4.68 Å². The van der Waals surface area contributed by atoms with Crippen LogP contribution in [-0.2, 0) is 4.74 Å². The van der Waals surface area contributed by atoms with E-state index in [9.17, 15) is 0 Å². The first kappa shape index (κ1) is 12.5. The van der Waals surface area contributed by atoms with Crippen LogP contribution in [0.2, 0.25) is 5.02 Å². The third-order valence-electron chi connectivity index (χ3n) is 2.23. The van der Waals surface area contributed by atoms with E-state index in [2.05, 4.69) is 17.3 Å². The Kier molecular flexibility index (Phi) is 5.08. The average molecular weight is 232 g/mol. The van der Waals surface area contributed by atoms with Gasteiger partial charge in [-0.15, -0.1) is 0 Å². The summed E-state index contributed by atoms with van der Waals surface area (Å²) in [6.45, 7) is 6.45. The number of nitrogens with one attached hydrogen (secondary N) is 1. The van der Waals surface area contributed by atoms with Crippen LogP contribution in [0.25, 0.3) is 0 Å². The molecule has 1 aromatic heterocycles. The van der Waals surface area contributed by atoms with Gasteiger partial charge in [-0.25, -0.2) is 0 Å². The molecule has 1 atom stereocenters. The van der Waals surface area contributed by atoms with E-state index in [1.165, 1.54) is 0 Å². The minimum atomic E-state index is 0.299. The Labute approximate surface area is 95.6 Å². The summed E-state index contributed by atoms with van der Waals surface area (Å²) in [5.41, 5.74) is 0.875. The number of rotatable bonds is 6. The molecule has 0 aromatic carbocycles. The second-order valence-corrected chi connectivity index (χ2v) is 4.00. The highest BCUT2D eigenvalue weighted by Gasteiger charge is 2.07. The van der Waals surface area contributed by atoms with Gasteiger partial charge in [0.05, 0.1) is 23.4 Å². The van der Waals surface area contributed by atoms with E-state index in [0.717, 1.165) is 30.4 Å². The lowest BCUT2D eigenvalue weighted by Gasteiger charge is -2.12. The summed E-state index contributed by atoms with van der Waals surface area (Å²) in [6, 6.07) is 0.299. The first-order chi connectivity index (χ1) is 7.15. The number of nitrogens with zero attached hydrogens (tertiary/aromatic N) is 2. The summed E-state index contributed by atoms with van der Waals surface area (Å²) in [5, 5.41) is 8.33. The minimum Gasteiger partial charge on any atom is -0.383 e. The van der Waals surface area contributed by atoms with Gasteiger partial charge in [0.1, 0.15) is 0 Å². The first-order valence-corrected chi connectivity index (χ1v) is 5.44. The Morgan fingerprint density at radius 3 is 2.93 bits per heavy atom. The maximum atomic E-state index is 5.93. The predicted molar refractivity (Wildman–Crippen MR) is 61.4 cm³/mol. The van der Waals surface area contributed by atoms with Gasteiger partial charge < -0.3 is 10.1 Å². The van der Waals surface area contributed by atoms with Gasteiger partial charge in [0.25, 0.3) is 0 Å². The van der Waals surface area contributed by atoms with Crippen LogP contribution in [0.4, 0.5) is 0 Å². The van der Waals surface area contributed by atoms with Gasteiger partial charge in [0.2, 0.25) is 0 Å². The Morgan fingerprint density at radius 2 is 2.40 bits per heavy atom. The smallest absolute Gasteiger partial charge is 0.0815 e. The lowest BCUT2D eigenvalue weighted by atomic mass is 10.3. The molecular weight excluding hydrogens is 214 g/mol. The number of methoxy groups -OCH3 is 1. The van der Waals surface area contributed by atoms with E-state index in [1.54, 1.807) is 7.11 Å². The summed E-state index contributed by atoms with van der Waals surface area (Å²) < 4.78 is 6.83. The van der Waals surface area contributed by atoms with Gasteiger partial charge in [0.15, 0.2) is 0 Å². The fourth-order valence-corrected chi connectivity index (χ4v) is 1.40. The lowest BCUT2D eigenvalue weighted by molar-refractivity contribution is 0.198. The maximum Gasteiger partial charge on any atom is 0.0815 e. The molecule has 0 saturated heterocycles. The lowest BCUT2D eigenvalue weighted by Crippen LogP contribution is -2.26. The van der Waals surface area contributed by atoms with Crippen LogP contribution in [0.3, 0.4) is 0 Å². The van der Waals surface area contributed by atoms with Gasteiger partial charge in [-0.2, -0.15) is 5.10 Å². The standard InChI is InChI=1S/C10H18ClN3O/c1-8(6-12-4-5-15-3)14-7-10(11)9(2)13-14/h7-8,12H,4-6H2,1-3H3. The number of ether oxygens (including phenoxy) is 1. The van der Waals surface area contributed by atoms with E-state index in [4.69, 9.17) is 16.3 Å². The van der Waals surface area contributed by atoms with E-state index in [1.807, 2.05) is 17.8 Å². The zero-order chi connectivity index (χ0) is 11.3. The molecule has 1 N–H and O–H groups in total. The van der Waals surface area contributed by atoms with Crippen molar-refractivity contribution in [2.24, 2.45) is 0 Å².